The van der Waals surface area contributed by atoms with Crippen LogP contribution in [0, 0.1) is 5.92 Å². The zero-order valence-electron chi connectivity index (χ0n) is 20.4. The minimum Gasteiger partial charge on any atom is -0.491 e. The van der Waals surface area contributed by atoms with Crippen LogP contribution in [0.25, 0.3) is 10.9 Å². The molecule has 3 N–H and O–H groups in total. The number of methoxy groups -OCH3 is 1. The number of rotatable bonds is 7. The van der Waals surface area contributed by atoms with E-state index in [4.69, 9.17) is 8.85 Å². The van der Waals surface area contributed by atoms with Crippen molar-refractivity contribution in [3.8, 4) is 5.75 Å². The van der Waals surface area contributed by atoms with Gasteiger partial charge in [0.05, 0.1) is 30.5 Å². The van der Waals surface area contributed by atoms with Crippen LogP contribution in [-0.2, 0) is 11.3 Å². The number of aromatic nitrogens is 4. The maximum absolute atomic E-state index is 13.2. The summed E-state index contributed by atoms with van der Waals surface area (Å²) in [4.78, 5) is 32.8. The van der Waals surface area contributed by atoms with Gasteiger partial charge < -0.3 is 20.7 Å². The van der Waals surface area contributed by atoms with Gasteiger partial charge in [0.1, 0.15) is 24.1 Å². The number of hydrogen-bond donors (Lipinski definition) is 3. The van der Waals surface area contributed by atoms with Gasteiger partial charge in [0, 0.05) is 34.9 Å². The monoisotopic (exact) mass is 484 g/mol. The Bertz CT molecular complexity index is 1360. The van der Waals surface area contributed by atoms with Crippen molar-refractivity contribution >= 4 is 40.0 Å². The average molecular weight is 484 g/mol. The lowest BCUT2D eigenvalue weighted by molar-refractivity contribution is -0.141. The first kappa shape index (κ1) is 19.5. The third-order valence-electron chi connectivity index (χ3n) is 4.98. The Morgan fingerprint density at radius 3 is 2.71 bits per heavy atom. The first-order valence-corrected chi connectivity index (χ1v) is 9.75. The summed E-state index contributed by atoms with van der Waals surface area (Å²) in [6.45, 7) is -4.26. The number of pyridine rings is 2. The minimum absolute atomic E-state index is 0.0453. The van der Waals surface area contributed by atoms with Crippen LogP contribution in [0.15, 0.2) is 24.7 Å². The molecule has 0 saturated heterocycles. The number of anilines is 3. The molecule has 14 heteroatoms. The molecule has 3 heterocycles. The summed E-state index contributed by atoms with van der Waals surface area (Å²) < 4.78 is 80.2. The van der Waals surface area contributed by atoms with Gasteiger partial charge in [-0.2, -0.15) is 18.3 Å². The molecule has 2 atom stereocenters. The highest BCUT2D eigenvalue weighted by Gasteiger charge is 2.43. The largest absolute Gasteiger partial charge is 0.491 e. The van der Waals surface area contributed by atoms with Crippen LogP contribution in [0.3, 0.4) is 0 Å². The van der Waals surface area contributed by atoms with Crippen LogP contribution in [0.1, 0.15) is 20.9 Å². The van der Waals surface area contributed by atoms with E-state index in [1.54, 1.807) is 5.32 Å². The van der Waals surface area contributed by atoms with Crippen LogP contribution in [0.5, 0.6) is 5.75 Å². The van der Waals surface area contributed by atoms with Gasteiger partial charge in [-0.3, -0.25) is 14.3 Å². The molecule has 1 fully saturated rings. The van der Waals surface area contributed by atoms with Crippen molar-refractivity contribution in [3.63, 3.8) is 0 Å². The molecule has 3 aromatic heterocycles. The van der Waals surface area contributed by atoms with E-state index < -0.39 is 43.6 Å². The lowest BCUT2D eigenvalue weighted by Gasteiger charge is -2.16. The Hall–Kier alpha value is -3.97. The fraction of sp³-hybridized carbons (Fsp3) is 0.350. The van der Waals surface area contributed by atoms with Crippen molar-refractivity contribution in [2.45, 2.75) is 25.3 Å². The number of carbonyl (C=O) groups is 2. The molecule has 4 rings (SSSR count). The first-order chi connectivity index (χ1) is 17.3. The van der Waals surface area contributed by atoms with Crippen molar-refractivity contribution in [2.24, 2.45) is 5.92 Å². The van der Waals surface area contributed by atoms with Crippen LogP contribution < -0.4 is 20.7 Å². The van der Waals surface area contributed by atoms with E-state index in [-0.39, 0.29) is 46.0 Å². The molecular weight excluding hydrogens is 462 g/mol. The van der Waals surface area contributed by atoms with E-state index in [2.05, 4.69) is 25.7 Å². The zero-order chi connectivity index (χ0) is 27.1. The summed E-state index contributed by atoms with van der Waals surface area (Å²) in [6.07, 6.45) is -2.43. The molecule has 2 amide bonds. The molecule has 180 valence electrons. The van der Waals surface area contributed by atoms with Gasteiger partial charge in [-0.1, -0.05) is 0 Å². The van der Waals surface area contributed by atoms with E-state index in [0.29, 0.717) is 4.68 Å². The number of fused-ring (bicyclic) bond motifs is 1. The summed E-state index contributed by atoms with van der Waals surface area (Å²) in [5, 5.41) is 10.9. The number of ether oxygens (including phenoxy) is 1. The highest BCUT2D eigenvalue weighted by Crippen LogP contribution is 2.37. The van der Waals surface area contributed by atoms with E-state index in [1.165, 1.54) is 25.6 Å². The Balaban J connectivity index is 1.75. The summed E-state index contributed by atoms with van der Waals surface area (Å²) in [5.74, 6) is -2.94. The maximum Gasteiger partial charge on any atom is 0.408 e. The van der Waals surface area contributed by atoms with Gasteiger partial charge in [-0.05, 0) is 6.42 Å². The van der Waals surface area contributed by atoms with Crippen LogP contribution >= 0.6 is 0 Å². The SMILES string of the molecule is [2H]C([2H])([2H])NC(=O)c1cnc(NC(=O)[C@H]2C[C@H]2F)cc1Nc1ncc2cnn(CC(F)(F)F)c2c1OC. The second-order valence-corrected chi connectivity index (χ2v) is 7.40. The minimum atomic E-state index is -4.58. The topological polar surface area (TPSA) is 123 Å². The highest BCUT2D eigenvalue weighted by atomic mass is 19.4. The lowest BCUT2D eigenvalue weighted by atomic mass is 10.2. The van der Waals surface area contributed by atoms with Gasteiger partial charge in [-0.25, -0.2) is 14.4 Å². The molecule has 1 saturated carbocycles. The molecule has 0 spiro atoms. The molecule has 34 heavy (non-hydrogen) atoms. The molecule has 0 bridgehead atoms. The summed E-state index contributed by atoms with van der Waals surface area (Å²) in [5.41, 5.74) is -0.459. The van der Waals surface area contributed by atoms with Gasteiger partial charge >= 0.3 is 6.18 Å². The van der Waals surface area contributed by atoms with Crippen LogP contribution in [0.2, 0.25) is 0 Å². The summed E-state index contributed by atoms with van der Waals surface area (Å²) in [7, 11) is 1.19. The number of nitrogens with one attached hydrogen (secondary N) is 3. The van der Waals surface area contributed by atoms with E-state index >= 15 is 0 Å². The number of alkyl halides is 4. The number of amides is 2. The molecule has 0 aliphatic heterocycles. The van der Waals surface area contributed by atoms with Gasteiger partial charge in [-0.15, -0.1) is 0 Å². The number of nitrogens with zero attached hydrogens (tertiary/aromatic N) is 4. The average Bonchev–Trinajstić information content (AvgIpc) is 3.39. The molecule has 0 aromatic carbocycles. The van der Waals surface area contributed by atoms with Crippen LogP contribution in [-0.4, -0.2) is 58.0 Å². The smallest absolute Gasteiger partial charge is 0.408 e. The Labute approximate surface area is 193 Å². The Morgan fingerprint density at radius 1 is 1.29 bits per heavy atom. The van der Waals surface area contributed by atoms with E-state index in [0.717, 1.165) is 6.20 Å². The Morgan fingerprint density at radius 2 is 2.06 bits per heavy atom. The Kier molecular flexibility index (Phi) is 5.02. The fourth-order valence-electron chi connectivity index (χ4n) is 3.28. The highest BCUT2D eigenvalue weighted by molar-refractivity contribution is 6.02. The first-order valence-electron chi connectivity index (χ1n) is 11.3. The molecule has 3 aromatic rings. The molecule has 1 aliphatic carbocycles. The zero-order valence-corrected chi connectivity index (χ0v) is 17.4. The normalized spacial score (nSPS) is 19.0. The lowest BCUT2D eigenvalue weighted by Crippen LogP contribution is -2.21. The molecular formula is C20H19F4N7O3. The van der Waals surface area contributed by atoms with Crippen molar-refractivity contribution < 1.29 is 36.0 Å². The van der Waals surface area contributed by atoms with Gasteiger partial charge in [0.2, 0.25) is 5.91 Å². The third-order valence-corrected chi connectivity index (χ3v) is 4.98. The van der Waals surface area contributed by atoms with E-state index in [9.17, 15) is 27.2 Å². The van der Waals surface area contributed by atoms with Gasteiger partial charge in [0.15, 0.2) is 11.6 Å². The van der Waals surface area contributed by atoms with Crippen LogP contribution in [0.4, 0.5) is 34.9 Å². The maximum atomic E-state index is 13.2. The fourth-order valence-corrected chi connectivity index (χ4v) is 3.28. The van der Waals surface area contributed by atoms with Crippen molar-refractivity contribution in [1.82, 2.24) is 25.1 Å². The third kappa shape index (κ3) is 4.70. The van der Waals surface area contributed by atoms with Crippen molar-refractivity contribution in [2.75, 3.05) is 24.7 Å². The second-order valence-electron chi connectivity index (χ2n) is 7.40. The number of hydrogen-bond acceptors (Lipinski definition) is 7. The summed E-state index contributed by atoms with van der Waals surface area (Å²) >= 11 is 0. The van der Waals surface area contributed by atoms with Crippen molar-refractivity contribution in [1.29, 1.82) is 0 Å². The van der Waals surface area contributed by atoms with E-state index in [1.807, 2.05) is 0 Å². The second kappa shape index (κ2) is 8.76. The van der Waals surface area contributed by atoms with Crippen molar-refractivity contribution in [3.05, 3.63) is 30.2 Å². The predicted octanol–water partition coefficient (Wildman–Crippen LogP) is 2.80. The summed E-state index contributed by atoms with van der Waals surface area (Å²) in [6, 6.07) is 1.17. The standard InChI is InChI=1S/C20H19F4N7O3/c1-25-18(32)11-7-26-14(30-19(33)10-3-12(10)21)4-13(11)29-17-16(34-2)15-9(5-27-17)6-28-31(15)8-20(22,23)24/h4-7,10,12H,3,8H2,1-2H3,(H,25,32)(H2,26,27,29,30,33)/t10-,12+/m0/s1/i1D3. The molecule has 0 radical (unpaired) electrons. The quantitative estimate of drug-likeness (QED) is 0.441. The molecule has 0 unspecified atom stereocenters. The number of carbonyl (C=O) groups excluding carboxylic acids is 2. The predicted molar refractivity (Wildman–Crippen MR) is 113 cm³/mol. The number of halogens is 4. The molecule has 10 nitrogen and oxygen atoms in total. The molecule has 1 aliphatic rings. The van der Waals surface area contributed by atoms with Gasteiger partial charge in [0.25, 0.3) is 5.91 Å².